The molecule has 2 unspecified atom stereocenters. The van der Waals surface area contributed by atoms with E-state index in [9.17, 15) is 4.79 Å². The summed E-state index contributed by atoms with van der Waals surface area (Å²) in [6, 6.07) is 5.91. The number of thiazole rings is 1. The molecule has 2 aliphatic heterocycles. The number of piperidine rings is 2. The molecule has 2 atom stereocenters. The van der Waals surface area contributed by atoms with Crippen molar-refractivity contribution in [3.8, 4) is 0 Å². The van der Waals surface area contributed by atoms with Crippen molar-refractivity contribution in [2.45, 2.75) is 46.5 Å². The molecule has 1 aromatic carbocycles. The molecule has 1 amide bonds. The van der Waals surface area contributed by atoms with Gasteiger partial charge >= 0.3 is 0 Å². The van der Waals surface area contributed by atoms with Gasteiger partial charge < -0.3 is 15.1 Å². The zero-order valence-corrected chi connectivity index (χ0v) is 19.5. The Morgan fingerprint density at radius 3 is 2.60 bits per heavy atom. The molecule has 4 rings (SSSR count). The van der Waals surface area contributed by atoms with Crippen LogP contribution < -0.4 is 10.2 Å². The molecule has 2 saturated heterocycles. The van der Waals surface area contributed by atoms with E-state index >= 15 is 0 Å². The quantitative estimate of drug-likeness (QED) is 0.682. The van der Waals surface area contributed by atoms with E-state index < -0.39 is 0 Å². The average Bonchev–Trinajstić information content (AvgIpc) is 3.14. The number of rotatable bonds is 6. The third kappa shape index (κ3) is 5.33. The largest absolute Gasteiger partial charge is 0.352 e. The van der Waals surface area contributed by atoms with Gasteiger partial charge in [-0.2, -0.15) is 0 Å². The maximum Gasteiger partial charge on any atom is 0.251 e. The Kier molecular flexibility index (Phi) is 6.94. The highest BCUT2D eigenvalue weighted by Crippen LogP contribution is 2.32. The van der Waals surface area contributed by atoms with Gasteiger partial charge in [0, 0.05) is 38.3 Å². The summed E-state index contributed by atoms with van der Waals surface area (Å²) in [6.45, 7) is 13.4. The number of likely N-dealkylation sites (tertiary alicyclic amines) is 1. The van der Waals surface area contributed by atoms with Crippen LogP contribution in [0.25, 0.3) is 10.2 Å². The molecule has 0 aliphatic carbocycles. The summed E-state index contributed by atoms with van der Waals surface area (Å²) in [4.78, 5) is 22.4. The summed E-state index contributed by atoms with van der Waals surface area (Å²) in [7, 11) is 0. The van der Waals surface area contributed by atoms with E-state index in [1.54, 1.807) is 11.3 Å². The monoisotopic (exact) mass is 428 g/mol. The molecule has 30 heavy (non-hydrogen) atoms. The SMILES string of the molecule is CC1CCN(c2nc3ccc(C(=O)NCCCN4CC(C)CC(C)C4)cc3s2)CC1. The highest BCUT2D eigenvalue weighted by Gasteiger charge is 2.21. The van der Waals surface area contributed by atoms with Crippen molar-refractivity contribution in [3.63, 3.8) is 0 Å². The number of hydrogen-bond donors (Lipinski definition) is 1. The van der Waals surface area contributed by atoms with E-state index in [1.165, 1.54) is 32.4 Å². The lowest BCUT2D eigenvalue weighted by atomic mass is 9.92. The van der Waals surface area contributed by atoms with Crippen LogP contribution in [0.3, 0.4) is 0 Å². The smallest absolute Gasteiger partial charge is 0.251 e. The minimum Gasteiger partial charge on any atom is -0.352 e. The summed E-state index contributed by atoms with van der Waals surface area (Å²) in [5.41, 5.74) is 1.74. The van der Waals surface area contributed by atoms with Crippen LogP contribution in [0.1, 0.15) is 56.8 Å². The van der Waals surface area contributed by atoms with Crippen LogP contribution in [0.15, 0.2) is 18.2 Å². The summed E-state index contributed by atoms with van der Waals surface area (Å²) >= 11 is 1.71. The minimum absolute atomic E-state index is 0.0269. The van der Waals surface area contributed by atoms with Gasteiger partial charge in [0.25, 0.3) is 5.91 Å². The molecule has 1 aromatic heterocycles. The lowest BCUT2D eigenvalue weighted by molar-refractivity contribution is 0.0947. The molecular weight excluding hydrogens is 392 g/mol. The molecule has 0 bridgehead atoms. The highest BCUT2D eigenvalue weighted by atomic mass is 32.1. The molecule has 6 heteroatoms. The number of benzene rings is 1. The van der Waals surface area contributed by atoms with E-state index in [-0.39, 0.29) is 5.91 Å². The Bertz CT molecular complexity index is 848. The van der Waals surface area contributed by atoms with Crippen molar-refractivity contribution < 1.29 is 4.79 Å². The number of nitrogens with zero attached hydrogens (tertiary/aromatic N) is 3. The molecule has 5 nitrogen and oxygen atoms in total. The van der Waals surface area contributed by atoms with Crippen molar-refractivity contribution in [1.82, 2.24) is 15.2 Å². The van der Waals surface area contributed by atoms with Gasteiger partial charge in [0.15, 0.2) is 5.13 Å². The van der Waals surface area contributed by atoms with E-state index in [4.69, 9.17) is 4.98 Å². The van der Waals surface area contributed by atoms with Gasteiger partial charge in [-0.15, -0.1) is 0 Å². The van der Waals surface area contributed by atoms with Crippen LogP contribution in [-0.4, -0.2) is 55.1 Å². The predicted octanol–water partition coefficient (Wildman–Crippen LogP) is 4.63. The number of anilines is 1. The Morgan fingerprint density at radius 1 is 1.13 bits per heavy atom. The summed E-state index contributed by atoms with van der Waals surface area (Å²) in [5.74, 6) is 2.41. The van der Waals surface area contributed by atoms with Crippen LogP contribution >= 0.6 is 11.3 Å². The number of aromatic nitrogens is 1. The normalized spacial score (nSPS) is 23.8. The third-order valence-corrected chi connectivity index (χ3v) is 7.65. The standard InChI is InChI=1S/C24H36N4OS/c1-17-7-11-28(12-8-17)24-26-21-6-5-20(14-22(21)30-24)23(29)25-9-4-10-27-15-18(2)13-19(3)16-27/h5-6,14,17-19H,4,7-13,15-16H2,1-3H3,(H,25,29). The van der Waals surface area contributed by atoms with Crippen molar-refractivity contribution in [3.05, 3.63) is 23.8 Å². The molecule has 0 spiro atoms. The first-order chi connectivity index (χ1) is 14.5. The van der Waals surface area contributed by atoms with Crippen molar-refractivity contribution in [2.75, 3.05) is 44.2 Å². The van der Waals surface area contributed by atoms with Gasteiger partial charge in [-0.25, -0.2) is 4.98 Å². The van der Waals surface area contributed by atoms with Gasteiger partial charge in [0.2, 0.25) is 0 Å². The Morgan fingerprint density at radius 2 is 1.87 bits per heavy atom. The van der Waals surface area contributed by atoms with Gasteiger partial charge in [-0.1, -0.05) is 32.1 Å². The molecule has 2 aromatic rings. The highest BCUT2D eigenvalue weighted by molar-refractivity contribution is 7.22. The molecule has 3 heterocycles. The Labute approximate surface area is 184 Å². The zero-order chi connectivity index (χ0) is 21.1. The second-order valence-electron chi connectivity index (χ2n) is 9.66. The van der Waals surface area contributed by atoms with Crippen LogP contribution in [0, 0.1) is 17.8 Å². The molecule has 2 fully saturated rings. The first kappa shape index (κ1) is 21.6. The van der Waals surface area contributed by atoms with Crippen molar-refractivity contribution in [1.29, 1.82) is 0 Å². The molecule has 164 valence electrons. The van der Waals surface area contributed by atoms with Gasteiger partial charge in [-0.05, 0) is 68.2 Å². The Hall–Kier alpha value is -1.66. The third-order valence-electron chi connectivity index (χ3n) is 6.57. The lowest BCUT2D eigenvalue weighted by Crippen LogP contribution is -2.40. The predicted molar refractivity (Wildman–Crippen MR) is 127 cm³/mol. The van der Waals surface area contributed by atoms with Crippen LogP contribution in [0.4, 0.5) is 5.13 Å². The number of amides is 1. The molecule has 2 aliphatic rings. The average molecular weight is 429 g/mol. The van der Waals surface area contributed by atoms with Crippen LogP contribution in [-0.2, 0) is 0 Å². The van der Waals surface area contributed by atoms with Crippen LogP contribution in [0.5, 0.6) is 0 Å². The van der Waals surface area contributed by atoms with Gasteiger partial charge in [-0.3, -0.25) is 4.79 Å². The van der Waals surface area contributed by atoms with Crippen molar-refractivity contribution >= 4 is 32.6 Å². The molecule has 0 saturated carbocycles. The first-order valence-electron chi connectivity index (χ1n) is 11.6. The second-order valence-corrected chi connectivity index (χ2v) is 10.7. The fourth-order valence-electron chi connectivity index (χ4n) is 4.97. The van der Waals surface area contributed by atoms with E-state index in [0.29, 0.717) is 0 Å². The summed E-state index contributed by atoms with van der Waals surface area (Å²) in [6.07, 6.45) is 4.81. The van der Waals surface area contributed by atoms with E-state index in [1.807, 2.05) is 18.2 Å². The number of fused-ring (bicyclic) bond motifs is 1. The first-order valence-corrected chi connectivity index (χ1v) is 12.5. The number of carbonyl (C=O) groups is 1. The second kappa shape index (κ2) is 9.65. The topological polar surface area (TPSA) is 48.5 Å². The fraction of sp³-hybridized carbons (Fsp3) is 0.667. The number of nitrogens with one attached hydrogen (secondary N) is 1. The van der Waals surface area contributed by atoms with Crippen LogP contribution in [0.2, 0.25) is 0 Å². The molecule has 1 N–H and O–H groups in total. The van der Waals surface area contributed by atoms with E-state index in [0.717, 1.165) is 71.3 Å². The maximum absolute atomic E-state index is 12.6. The van der Waals surface area contributed by atoms with Gasteiger partial charge in [0.1, 0.15) is 0 Å². The minimum atomic E-state index is 0.0269. The van der Waals surface area contributed by atoms with Gasteiger partial charge in [0.05, 0.1) is 10.2 Å². The zero-order valence-electron chi connectivity index (χ0n) is 18.7. The van der Waals surface area contributed by atoms with E-state index in [2.05, 4.69) is 35.9 Å². The maximum atomic E-state index is 12.6. The van der Waals surface area contributed by atoms with Crippen molar-refractivity contribution in [2.24, 2.45) is 17.8 Å². The summed E-state index contributed by atoms with van der Waals surface area (Å²) in [5, 5.41) is 4.21. The Balaban J connectivity index is 1.29. The lowest BCUT2D eigenvalue weighted by Gasteiger charge is -2.34. The molecule has 0 radical (unpaired) electrons. The fourth-order valence-corrected chi connectivity index (χ4v) is 6.03. The number of hydrogen-bond acceptors (Lipinski definition) is 5. The summed E-state index contributed by atoms with van der Waals surface area (Å²) < 4.78 is 1.10. The molecular formula is C24H36N4OS. The number of carbonyl (C=O) groups excluding carboxylic acids is 1.